The molecule has 2 atom stereocenters. The molecule has 2 N–H and O–H groups in total. The molecular formula is C16H30O2. The number of aliphatic hydroxyl groups excluding tert-OH is 1. The van der Waals surface area contributed by atoms with E-state index in [4.69, 9.17) is 5.11 Å². The lowest BCUT2D eigenvalue weighted by molar-refractivity contribution is 0.103. The van der Waals surface area contributed by atoms with Crippen LogP contribution < -0.4 is 0 Å². The Labute approximate surface area is 112 Å². The standard InChI is InChI=1S/C16H30O2/c1-5-16(4,18)12-7-10-14(2)8-6-9-15(3)11-13-17/h5,10,15,17-18H,1,6-9,11-13H2,2-4H3. The minimum absolute atomic E-state index is 0.298. The zero-order valence-corrected chi connectivity index (χ0v) is 12.3. The van der Waals surface area contributed by atoms with E-state index in [1.807, 2.05) is 0 Å². The zero-order valence-electron chi connectivity index (χ0n) is 12.3. The van der Waals surface area contributed by atoms with Crippen LogP contribution in [0.2, 0.25) is 0 Å². The SMILES string of the molecule is C=CC(C)(O)CCC=C(C)CCCC(C)CCO. The second-order valence-corrected chi connectivity index (χ2v) is 5.66. The molecule has 0 aromatic rings. The van der Waals surface area contributed by atoms with Gasteiger partial charge in [0.05, 0.1) is 5.60 Å². The summed E-state index contributed by atoms with van der Waals surface area (Å²) < 4.78 is 0. The van der Waals surface area contributed by atoms with E-state index >= 15 is 0 Å². The molecule has 0 bridgehead atoms. The minimum Gasteiger partial charge on any atom is -0.396 e. The summed E-state index contributed by atoms with van der Waals surface area (Å²) in [6.07, 6.45) is 9.83. The maximum Gasteiger partial charge on any atom is 0.0800 e. The van der Waals surface area contributed by atoms with Gasteiger partial charge in [-0.05, 0) is 51.9 Å². The monoisotopic (exact) mass is 254 g/mol. The van der Waals surface area contributed by atoms with Crippen LogP contribution in [-0.4, -0.2) is 22.4 Å². The highest BCUT2D eigenvalue weighted by molar-refractivity contribution is 5.00. The summed E-state index contributed by atoms with van der Waals surface area (Å²) in [6.45, 7) is 10.1. The maximum atomic E-state index is 9.77. The lowest BCUT2D eigenvalue weighted by atomic mass is 9.97. The topological polar surface area (TPSA) is 40.5 Å². The summed E-state index contributed by atoms with van der Waals surface area (Å²) in [7, 11) is 0. The smallest absolute Gasteiger partial charge is 0.0800 e. The minimum atomic E-state index is -0.744. The van der Waals surface area contributed by atoms with Gasteiger partial charge in [0, 0.05) is 6.61 Å². The molecule has 0 heterocycles. The molecule has 0 amide bonds. The van der Waals surface area contributed by atoms with Crippen molar-refractivity contribution in [2.45, 2.75) is 64.9 Å². The summed E-state index contributed by atoms with van der Waals surface area (Å²) in [5.41, 5.74) is 0.651. The van der Waals surface area contributed by atoms with Gasteiger partial charge in [0.2, 0.25) is 0 Å². The van der Waals surface area contributed by atoms with Gasteiger partial charge in [0.1, 0.15) is 0 Å². The van der Waals surface area contributed by atoms with Gasteiger partial charge < -0.3 is 10.2 Å². The average molecular weight is 254 g/mol. The number of allylic oxidation sites excluding steroid dienone is 2. The molecule has 0 aliphatic heterocycles. The van der Waals surface area contributed by atoms with Crippen LogP contribution in [0.5, 0.6) is 0 Å². The van der Waals surface area contributed by atoms with E-state index < -0.39 is 5.60 Å². The van der Waals surface area contributed by atoms with E-state index in [0.717, 1.165) is 25.7 Å². The van der Waals surface area contributed by atoms with Crippen LogP contribution in [0.1, 0.15) is 59.3 Å². The largest absolute Gasteiger partial charge is 0.396 e. The second-order valence-electron chi connectivity index (χ2n) is 5.66. The van der Waals surface area contributed by atoms with E-state index in [9.17, 15) is 5.11 Å². The number of hydrogen-bond donors (Lipinski definition) is 2. The highest BCUT2D eigenvalue weighted by atomic mass is 16.3. The Morgan fingerprint density at radius 1 is 1.39 bits per heavy atom. The van der Waals surface area contributed by atoms with Crippen LogP contribution in [-0.2, 0) is 0 Å². The van der Waals surface area contributed by atoms with Crippen molar-refractivity contribution < 1.29 is 10.2 Å². The van der Waals surface area contributed by atoms with Crippen LogP contribution in [0.4, 0.5) is 0 Å². The lowest BCUT2D eigenvalue weighted by Crippen LogP contribution is -2.19. The van der Waals surface area contributed by atoms with E-state index in [0.29, 0.717) is 12.5 Å². The van der Waals surface area contributed by atoms with Gasteiger partial charge in [0.25, 0.3) is 0 Å². The van der Waals surface area contributed by atoms with Gasteiger partial charge >= 0.3 is 0 Å². The van der Waals surface area contributed by atoms with Gasteiger partial charge in [-0.3, -0.25) is 0 Å². The van der Waals surface area contributed by atoms with Gasteiger partial charge in [-0.2, -0.15) is 0 Å². The number of rotatable bonds is 10. The van der Waals surface area contributed by atoms with Crippen molar-refractivity contribution in [2.24, 2.45) is 5.92 Å². The third-order valence-corrected chi connectivity index (χ3v) is 3.47. The Morgan fingerprint density at radius 3 is 2.61 bits per heavy atom. The molecule has 0 aromatic heterocycles. The van der Waals surface area contributed by atoms with E-state index in [1.165, 1.54) is 18.4 Å². The Morgan fingerprint density at radius 2 is 2.06 bits per heavy atom. The molecule has 106 valence electrons. The fraction of sp³-hybridized carbons (Fsp3) is 0.750. The molecule has 2 nitrogen and oxygen atoms in total. The van der Waals surface area contributed by atoms with Crippen molar-refractivity contribution in [3.63, 3.8) is 0 Å². The van der Waals surface area contributed by atoms with Crippen LogP contribution in [0.15, 0.2) is 24.3 Å². The molecular weight excluding hydrogens is 224 g/mol. The fourth-order valence-electron chi connectivity index (χ4n) is 1.91. The van der Waals surface area contributed by atoms with Gasteiger partial charge in [-0.1, -0.05) is 31.1 Å². The first-order chi connectivity index (χ1) is 8.41. The normalized spacial score (nSPS) is 17.3. The second kappa shape index (κ2) is 9.35. The molecule has 2 unspecified atom stereocenters. The third kappa shape index (κ3) is 9.43. The first kappa shape index (κ1) is 17.4. The molecule has 0 aliphatic carbocycles. The molecule has 0 spiro atoms. The fourth-order valence-corrected chi connectivity index (χ4v) is 1.91. The van der Waals surface area contributed by atoms with Gasteiger partial charge in [0.15, 0.2) is 0 Å². The summed E-state index contributed by atoms with van der Waals surface area (Å²) in [6, 6.07) is 0. The van der Waals surface area contributed by atoms with Crippen molar-refractivity contribution in [1.82, 2.24) is 0 Å². The van der Waals surface area contributed by atoms with Crippen molar-refractivity contribution in [1.29, 1.82) is 0 Å². The predicted molar refractivity (Wildman–Crippen MR) is 78.5 cm³/mol. The quantitative estimate of drug-likeness (QED) is 0.582. The van der Waals surface area contributed by atoms with Crippen LogP contribution >= 0.6 is 0 Å². The molecule has 0 fully saturated rings. The van der Waals surface area contributed by atoms with E-state index in [2.05, 4.69) is 26.5 Å². The molecule has 0 aromatic carbocycles. The van der Waals surface area contributed by atoms with Crippen molar-refractivity contribution in [2.75, 3.05) is 6.61 Å². The summed E-state index contributed by atoms with van der Waals surface area (Å²) in [5, 5.41) is 18.6. The molecule has 0 rings (SSSR count). The maximum absolute atomic E-state index is 9.77. The van der Waals surface area contributed by atoms with Crippen LogP contribution in [0.3, 0.4) is 0 Å². The van der Waals surface area contributed by atoms with Crippen molar-refractivity contribution in [3.05, 3.63) is 24.3 Å². The highest BCUT2D eigenvalue weighted by Gasteiger charge is 2.13. The third-order valence-electron chi connectivity index (χ3n) is 3.47. The molecule has 0 saturated heterocycles. The van der Waals surface area contributed by atoms with Crippen LogP contribution in [0.25, 0.3) is 0 Å². The summed E-state index contributed by atoms with van der Waals surface area (Å²) >= 11 is 0. The van der Waals surface area contributed by atoms with Gasteiger partial charge in [-0.15, -0.1) is 6.58 Å². The predicted octanol–water partition coefficient (Wildman–Crippen LogP) is 3.84. The van der Waals surface area contributed by atoms with Crippen LogP contribution in [0, 0.1) is 5.92 Å². The average Bonchev–Trinajstić information content (AvgIpc) is 2.29. The Kier molecular flexibility index (Phi) is 9.03. The van der Waals surface area contributed by atoms with E-state index in [-0.39, 0.29) is 0 Å². The first-order valence-electron chi connectivity index (χ1n) is 7.03. The zero-order chi connectivity index (χ0) is 14.0. The molecule has 18 heavy (non-hydrogen) atoms. The molecule has 2 heteroatoms. The summed E-state index contributed by atoms with van der Waals surface area (Å²) in [4.78, 5) is 0. The Bertz CT molecular complexity index is 254. The number of aliphatic hydroxyl groups is 2. The number of hydrogen-bond acceptors (Lipinski definition) is 2. The van der Waals surface area contributed by atoms with Crippen molar-refractivity contribution >= 4 is 0 Å². The lowest BCUT2D eigenvalue weighted by Gasteiger charge is -2.17. The molecule has 0 aliphatic rings. The summed E-state index contributed by atoms with van der Waals surface area (Å²) in [5.74, 6) is 0.615. The first-order valence-corrected chi connectivity index (χ1v) is 7.03. The Hall–Kier alpha value is -0.600. The molecule has 0 radical (unpaired) electrons. The van der Waals surface area contributed by atoms with Crippen molar-refractivity contribution in [3.8, 4) is 0 Å². The Balaban J connectivity index is 3.75. The highest BCUT2D eigenvalue weighted by Crippen LogP contribution is 2.17. The van der Waals surface area contributed by atoms with Gasteiger partial charge in [-0.25, -0.2) is 0 Å². The molecule has 0 saturated carbocycles. The van der Waals surface area contributed by atoms with E-state index in [1.54, 1.807) is 13.0 Å².